The minimum absolute atomic E-state index is 0.0426. The van der Waals surface area contributed by atoms with Crippen LogP contribution < -0.4 is 10.9 Å². The molecule has 0 atom stereocenters. The Bertz CT molecular complexity index is 1380. The minimum Gasteiger partial charge on any atom is -0.508 e. The van der Waals surface area contributed by atoms with Gasteiger partial charge in [0.1, 0.15) is 5.75 Å². The summed E-state index contributed by atoms with van der Waals surface area (Å²) in [5.74, 6) is -0.753. The smallest absolute Gasteiger partial charge is 0.274 e. The first kappa shape index (κ1) is 20.7. The Hall–Kier alpha value is -4.53. The van der Waals surface area contributed by atoms with Crippen LogP contribution in [0.5, 0.6) is 5.75 Å². The van der Waals surface area contributed by atoms with Crippen LogP contribution in [0, 0.1) is 10.1 Å². The molecule has 0 saturated heterocycles. The average Bonchev–Trinajstić information content (AvgIpc) is 2.80. The zero-order valence-corrected chi connectivity index (χ0v) is 16.8. The number of nitro benzene ring substituents is 1. The second-order valence-electron chi connectivity index (χ2n) is 7.10. The first-order valence-electron chi connectivity index (χ1n) is 9.72. The van der Waals surface area contributed by atoms with Crippen molar-refractivity contribution >= 4 is 22.4 Å². The lowest BCUT2D eigenvalue weighted by Crippen LogP contribution is -2.30. The number of aromatic nitrogens is 2. The number of carbonyl (C=O) groups is 1. The van der Waals surface area contributed by atoms with E-state index in [1.165, 1.54) is 22.9 Å². The van der Waals surface area contributed by atoms with Crippen LogP contribution >= 0.6 is 0 Å². The van der Waals surface area contributed by atoms with E-state index in [1.807, 2.05) is 30.3 Å². The molecule has 0 saturated carbocycles. The molecule has 0 radical (unpaired) electrons. The summed E-state index contributed by atoms with van der Waals surface area (Å²) in [4.78, 5) is 36.3. The normalized spacial score (nSPS) is 10.8. The number of rotatable bonds is 6. The molecule has 0 aliphatic rings. The van der Waals surface area contributed by atoms with Gasteiger partial charge in [-0.15, -0.1) is 0 Å². The number of nitrogens with one attached hydrogen (secondary N) is 1. The molecule has 9 heteroatoms. The highest BCUT2D eigenvalue weighted by molar-refractivity contribution is 6.04. The van der Waals surface area contributed by atoms with Gasteiger partial charge in [0.2, 0.25) is 0 Å². The molecular weight excluding hydrogens is 412 g/mol. The largest absolute Gasteiger partial charge is 0.508 e. The van der Waals surface area contributed by atoms with Gasteiger partial charge in [-0.2, -0.15) is 5.10 Å². The number of nitrogens with zero attached hydrogens (tertiary/aromatic N) is 3. The number of phenols is 1. The molecule has 0 spiro atoms. The lowest BCUT2D eigenvalue weighted by Gasteiger charge is -2.12. The Balaban J connectivity index is 1.68. The molecule has 0 bridgehead atoms. The summed E-state index contributed by atoms with van der Waals surface area (Å²) >= 11 is 0. The number of non-ortho nitro benzene ring substituents is 1. The van der Waals surface area contributed by atoms with Crippen LogP contribution in [0.3, 0.4) is 0 Å². The number of phenolic OH excluding ortho intramolecular Hbond substituents is 1. The van der Waals surface area contributed by atoms with Crippen LogP contribution in [0.4, 0.5) is 5.69 Å². The lowest BCUT2D eigenvalue weighted by atomic mass is 10.1. The van der Waals surface area contributed by atoms with Gasteiger partial charge in [0.15, 0.2) is 5.69 Å². The summed E-state index contributed by atoms with van der Waals surface area (Å²) in [6.45, 7) is 0.0383. The van der Waals surface area contributed by atoms with Crippen molar-refractivity contribution in [2.45, 2.75) is 13.1 Å². The van der Waals surface area contributed by atoms with E-state index >= 15 is 0 Å². The molecule has 1 amide bonds. The molecule has 0 aliphatic heterocycles. The van der Waals surface area contributed by atoms with Crippen LogP contribution in [0.2, 0.25) is 0 Å². The van der Waals surface area contributed by atoms with Gasteiger partial charge in [0, 0.05) is 29.6 Å². The molecule has 0 fully saturated rings. The summed E-state index contributed by atoms with van der Waals surface area (Å²) in [5, 5.41) is 28.6. The van der Waals surface area contributed by atoms with Crippen molar-refractivity contribution in [2.75, 3.05) is 0 Å². The first-order chi connectivity index (χ1) is 15.4. The quantitative estimate of drug-likeness (QED) is 0.358. The maximum absolute atomic E-state index is 13.0. The molecule has 3 aromatic carbocycles. The summed E-state index contributed by atoms with van der Waals surface area (Å²) in [6, 6.07) is 19.5. The number of carbonyl (C=O) groups excluding carboxylic acids is 1. The van der Waals surface area contributed by atoms with Gasteiger partial charge in [-0.05, 0) is 17.7 Å². The maximum Gasteiger partial charge on any atom is 0.274 e. The van der Waals surface area contributed by atoms with Crippen molar-refractivity contribution in [3.05, 3.63) is 110 Å². The van der Waals surface area contributed by atoms with Crippen molar-refractivity contribution in [1.82, 2.24) is 15.1 Å². The maximum atomic E-state index is 13.0. The van der Waals surface area contributed by atoms with Gasteiger partial charge in [-0.3, -0.25) is 19.7 Å². The predicted octanol–water partition coefficient (Wildman–Crippen LogP) is 2.99. The molecule has 32 heavy (non-hydrogen) atoms. The second-order valence-corrected chi connectivity index (χ2v) is 7.10. The van der Waals surface area contributed by atoms with Crippen molar-refractivity contribution in [3.8, 4) is 5.75 Å². The average molecular weight is 430 g/mol. The summed E-state index contributed by atoms with van der Waals surface area (Å²) in [6.07, 6.45) is 0. The van der Waals surface area contributed by atoms with Crippen LogP contribution in [0.25, 0.3) is 10.8 Å². The Morgan fingerprint density at radius 3 is 2.44 bits per heavy atom. The molecule has 0 unspecified atom stereocenters. The third kappa shape index (κ3) is 4.17. The fraction of sp³-hybridized carbons (Fsp3) is 0.0870. The van der Waals surface area contributed by atoms with Crippen LogP contribution in [-0.2, 0) is 13.1 Å². The minimum atomic E-state index is -0.584. The van der Waals surface area contributed by atoms with Gasteiger partial charge < -0.3 is 10.4 Å². The summed E-state index contributed by atoms with van der Waals surface area (Å²) in [5.41, 5.74) is 0.560. The molecule has 160 valence electrons. The van der Waals surface area contributed by atoms with Gasteiger partial charge in [-0.25, -0.2) is 4.68 Å². The summed E-state index contributed by atoms with van der Waals surface area (Å²) in [7, 11) is 0. The molecule has 4 rings (SSSR count). The molecule has 0 aliphatic carbocycles. The molecule has 9 nitrogen and oxygen atoms in total. The lowest BCUT2D eigenvalue weighted by molar-refractivity contribution is -0.384. The number of benzene rings is 3. The second kappa shape index (κ2) is 8.68. The number of amides is 1. The van der Waals surface area contributed by atoms with Crippen molar-refractivity contribution in [3.63, 3.8) is 0 Å². The zero-order valence-electron chi connectivity index (χ0n) is 16.8. The number of fused-ring (bicyclic) bond motifs is 1. The highest BCUT2D eigenvalue weighted by Gasteiger charge is 2.18. The number of hydrogen-bond donors (Lipinski definition) is 2. The van der Waals surface area contributed by atoms with Gasteiger partial charge >= 0.3 is 0 Å². The zero-order chi connectivity index (χ0) is 22.7. The summed E-state index contributed by atoms with van der Waals surface area (Å²) < 4.78 is 1.23. The van der Waals surface area contributed by atoms with Gasteiger partial charge in [0.25, 0.3) is 17.2 Å². The van der Waals surface area contributed by atoms with Crippen LogP contribution in [-0.4, -0.2) is 25.7 Å². The Morgan fingerprint density at radius 2 is 1.72 bits per heavy atom. The molecule has 1 heterocycles. The van der Waals surface area contributed by atoms with Crippen LogP contribution in [0.15, 0.2) is 77.6 Å². The Morgan fingerprint density at radius 1 is 1.03 bits per heavy atom. The molecular formula is C23H18N4O5. The van der Waals surface area contributed by atoms with Gasteiger partial charge in [0.05, 0.1) is 16.9 Å². The van der Waals surface area contributed by atoms with Crippen molar-refractivity contribution in [1.29, 1.82) is 0 Å². The predicted molar refractivity (Wildman–Crippen MR) is 117 cm³/mol. The number of aromatic hydroxyl groups is 1. The van der Waals surface area contributed by atoms with E-state index in [1.54, 1.807) is 24.3 Å². The van der Waals surface area contributed by atoms with Crippen LogP contribution in [0.1, 0.15) is 21.6 Å². The van der Waals surface area contributed by atoms with Crippen molar-refractivity contribution < 1.29 is 14.8 Å². The Kier molecular flexibility index (Phi) is 5.63. The van der Waals surface area contributed by atoms with E-state index < -0.39 is 10.8 Å². The Labute approximate surface area is 181 Å². The van der Waals surface area contributed by atoms with E-state index in [2.05, 4.69) is 10.4 Å². The molecule has 2 N–H and O–H groups in total. The number of nitro groups is 1. The molecule has 4 aromatic rings. The highest BCUT2D eigenvalue weighted by Crippen LogP contribution is 2.23. The molecule has 1 aromatic heterocycles. The first-order valence-corrected chi connectivity index (χ1v) is 9.72. The number of hydrogen-bond acceptors (Lipinski definition) is 6. The third-order valence-electron chi connectivity index (χ3n) is 4.97. The fourth-order valence-corrected chi connectivity index (χ4v) is 3.35. The van der Waals surface area contributed by atoms with E-state index in [-0.39, 0.29) is 41.3 Å². The SMILES string of the molecule is O=C(NCc1cc([N+](=O)[O-])ccc1O)c1nn(Cc2ccccc2)c(=O)c2ccccc12. The third-order valence-corrected chi connectivity index (χ3v) is 4.97. The van der Waals surface area contributed by atoms with Crippen molar-refractivity contribution in [2.24, 2.45) is 0 Å². The van der Waals surface area contributed by atoms with E-state index in [9.17, 15) is 24.8 Å². The highest BCUT2D eigenvalue weighted by atomic mass is 16.6. The van der Waals surface area contributed by atoms with E-state index in [4.69, 9.17) is 0 Å². The van der Waals surface area contributed by atoms with E-state index in [0.29, 0.717) is 10.8 Å². The monoisotopic (exact) mass is 430 g/mol. The van der Waals surface area contributed by atoms with Gasteiger partial charge in [-0.1, -0.05) is 48.5 Å². The topological polar surface area (TPSA) is 127 Å². The standard InChI is InChI=1S/C23H18N4O5/c28-20-11-10-17(27(31)32)12-16(20)13-24-22(29)21-18-8-4-5-9-19(18)23(30)26(25-21)14-15-6-2-1-3-7-15/h1-12,28H,13-14H2,(H,24,29). The fourth-order valence-electron chi connectivity index (χ4n) is 3.35. The van der Waals surface area contributed by atoms with E-state index in [0.717, 1.165) is 5.56 Å².